The summed E-state index contributed by atoms with van der Waals surface area (Å²) in [7, 11) is 0. The maximum absolute atomic E-state index is 12.5. The first kappa shape index (κ1) is 16.8. The SMILES string of the molecule is C[C@]1(O)CCN(C(=O)Cc2ccc(C(F)(F)F)cc2)C[C@@H]1O. The van der Waals surface area contributed by atoms with Gasteiger partial charge in [-0.05, 0) is 31.0 Å². The first-order valence-corrected chi connectivity index (χ1v) is 6.94. The number of rotatable bonds is 2. The molecular weight excluding hydrogens is 299 g/mol. The minimum Gasteiger partial charge on any atom is -0.388 e. The summed E-state index contributed by atoms with van der Waals surface area (Å²) >= 11 is 0. The minimum atomic E-state index is -4.40. The van der Waals surface area contributed by atoms with Crippen molar-refractivity contribution < 1.29 is 28.2 Å². The van der Waals surface area contributed by atoms with Crippen molar-refractivity contribution in [1.29, 1.82) is 0 Å². The molecule has 1 aromatic carbocycles. The van der Waals surface area contributed by atoms with Gasteiger partial charge in [-0.1, -0.05) is 12.1 Å². The molecule has 0 aromatic heterocycles. The first-order chi connectivity index (χ1) is 10.1. The molecule has 2 atom stereocenters. The Labute approximate surface area is 126 Å². The van der Waals surface area contributed by atoms with Gasteiger partial charge in [0.2, 0.25) is 5.91 Å². The third-order valence-corrected chi connectivity index (χ3v) is 3.99. The number of carbonyl (C=O) groups excluding carboxylic acids is 1. The number of aliphatic hydroxyl groups excluding tert-OH is 1. The van der Waals surface area contributed by atoms with Crippen LogP contribution in [-0.2, 0) is 17.4 Å². The van der Waals surface area contributed by atoms with Crippen LogP contribution in [0, 0.1) is 0 Å². The van der Waals surface area contributed by atoms with E-state index in [0.29, 0.717) is 12.1 Å². The molecule has 2 rings (SSSR count). The number of nitrogens with zero attached hydrogens (tertiary/aromatic N) is 1. The third-order valence-electron chi connectivity index (χ3n) is 3.99. The second kappa shape index (κ2) is 5.89. The molecule has 1 fully saturated rings. The van der Waals surface area contributed by atoms with Crippen LogP contribution in [0.2, 0.25) is 0 Å². The molecule has 0 unspecified atom stereocenters. The van der Waals surface area contributed by atoms with Gasteiger partial charge in [-0.2, -0.15) is 13.2 Å². The average Bonchev–Trinajstić information content (AvgIpc) is 2.41. The normalized spacial score (nSPS) is 26.1. The van der Waals surface area contributed by atoms with Crippen LogP contribution in [0.3, 0.4) is 0 Å². The van der Waals surface area contributed by atoms with Crippen LogP contribution in [0.15, 0.2) is 24.3 Å². The number of β-amino-alcohol motifs (C(OH)–C–C–N with tert-alkyl or cyclic N) is 1. The van der Waals surface area contributed by atoms with Crippen molar-refractivity contribution >= 4 is 5.91 Å². The largest absolute Gasteiger partial charge is 0.416 e. The lowest BCUT2D eigenvalue weighted by atomic mass is 9.90. The summed E-state index contributed by atoms with van der Waals surface area (Å²) in [6.07, 6.45) is -5.21. The monoisotopic (exact) mass is 317 g/mol. The molecule has 7 heteroatoms. The number of amides is 1. The Morgan fingerprint density at radius 1 is 1.36 bits per heavy atom. The lowest BCUT2D eigenvalue weighted by Gasteiger charge is -2.40. The van der Waals surface area contributed by atoms with Gasteiger partial charge < -0.3 is 15.1 Å². The topological polar surface area (TPSA) is 60.8 Å². The lowest BCUT2D eigenvalue weighted by molar-refractivity contribution is -0.145. The van der Waals surface area contributed by atoms with Crippen molar-refractivity contribution in [2.24, 2.45) is 0 Å². The number of aliphatic hydroxyl groups is 2. The van der Waals surface area contributed by atoms with Gasteiger partial charge in [0.1, 0.15) is 0 Å². The van der Waals surface area contributed by atoms with Crippen LogP contribution in [0.5, 0.6) is 0 Å². The van der Waals surface area contributed by atoms with Crippen molar-refractivity contribution in [2.75, 3.05) is 13.1 Å². The molecule has 0 radical (unpaired) electrons. The molecule has 22 heavy (non-hydrogen) atoms. The van der Waals surface area contributed by atoms with Crippen molar-refractivity contribution in [2.45, 2.75) is 37.6 Å². The molecule has 1 aliphatic rings. The second-order valence-electron chi connectivity index (χ2n) is 5.83. The molecule has 1 aliphatic heterocycles. The van der Waals surface area contributed by atoms with Crippen molar-refractivity contribution in [3.63, 3.8) is 0 Å². The number of likely N-dealkylation sites (tertiary alicyclic amines) is 1. The van der Waals surface area contributed by atoms with Crippen molar-refractivity contribution in [1.82, 2.24) is 4.90 Å². The van der Waals surface area contributed by atoms with Crippen LogP contribution in [-0.4, -0.2) is 45.8 Å². The number of hydrogen-bond donors (Lipinski definition) is 2. The molecule has 2 N–H and O–H groups in total. The summed E-state index contributed by atoms with van der Waals surface area (Å²) in [6, 6.07) is 4.44. The van der Waals surface area contributed by atoms with E-state index in [2.05, 4.69) is 0 Å². The highest BCUT2D eigenvalue weighted by Crippen LogP contribution is 2.29. The van der Waals surface area contributed by atoms with Gasteiger partial charge in [0.05, 0.1) is 23.7 Å². The first-order valence-electron chi connectivity index (χ1n) is 6.94. The quantitative estimate of drug-likeness (QED) is 0.871. The van der Waals surface area contributed by atoms with Crippen molar-refractivity contribution in [3.05, 3.63) is 35.4 Å². The van der Waals surface area contributed by atoms with Crippen LogP contribution in [0.1, 0.15) is 24.5 Å². The Morgan fingerprint density at radius 2 is 1.95 bits per heavy atom. The predicted octanol–water partition coefficient (Wildman–Crippen LogP) is 1.59. The number of halogens is 3. The van der Waals surface area contributed by atoms with Gasteiger partial charge in [-0.25, -0.2) is 0 Å². The summed E-state index contributed by atoms with van der Waals surface area (Å²) in [4.78, 5) is 13.5. The molecule has 0 bridgehead atoms. The van der Waals surface area contributed by atoms with Crippen LogP contribution in [0.25, 0.3) is 0 Å². The van der Waals surface area contributed by atoms with Crippen LogP contribution < -0.4 is 0 Å². The number of alkyl halides is 3. The van der Waals surface area contributed by atoms with E-state index >= 15 is 0 Å². The van der Waals surface area contributed by atoms with E-state index < -0.39 is 23.4 Å². The van der Waals surface area contributed by atoms with E-state index in [-0.39, 0.29) is 25.3 Å². The zero-order valence-corrected chi connectivity index (χ0v) is 12.1. The Balaban J connectivity index is 1.98. The Morgan fingerprint density at radius 3 is 2.45 bits per heavy atom. The molecule has 4 nitrogen and oxygen atoms in total. The molecule has 1 amide bonds. The van der Waals surface area contributed by atoms with Gasteiger partial charge in [0.15, 0.2) is 0 Å². The summed E-state index contributed by atoms with van der Waals surface area (Å²) in [5.74, 6) is -0.283. The zero-order chi connectivity index (χ0) is 16.5. The molecule has 122 valence electrons. The molecule has 0 spiro atoms. The Kier molecular flexibility index (Phi) is 4.49. The summed E-state index contributed by atoms with van der Waals surface area (Å²) in [5, 5.41) is 19.6. The molecule has 1 heterocycles. The molecular formula is C15H18F3NO3. The number of hydrogen-bond acceptors (Lipinski definition) is 3. The fourth-order valence-corrected chi connectivity index (χ4v) is 2.35. The predicted molar refractivity (Wildman–Crippen MR) is 73.0 cm³/mol. The second-order valence-corrected chi connectivity index (χ2v) is 5.83. The van der Waals surface area contributed by atoms with Gasteiger partial charge in [-0.15, -0.1) is 0 Å². The zero-order valence-electron chi connectivity index (χ0n) is 12.1. The fraction of sp³-hybridized carbons (Fsp3) is 0.533. The van der Waals surface area contributed by atoms with E-state index in [1.807, 2.05) is 0 Å². The maximum atomic E-state index is 12.5. The van der Waals surface area contributed by atoms with Gasteiger partial charge in [0.25, 0.3) is 0 Å². The molecule has 0 saturated carbocycles. The van der Waals surface area contributed by atoms with Gasteiger partial charge in [0, 0.05) is 13.1 Å². The summed E-state index contributed by atoms with van der Waals surface area (Å²) < 4.78 is 37.4. The lowest BCUT2D eigenvalue weighted by Crippen LogP contribution is -2.55. The third kappa shape index (κ3) is 3.78. The maximum Gasteiger partial charge on any atom is 0.416 e. The number of carbonyl (C=O) groups is 1. The fourth-order valence-electron chi connectivity index (χ4n) is 2.35. The Bertz CT molecular complexity index is 540. The van der Waals surface area contributed by atoms with E-state index in [4.69, 9.17) is 0 Å². The standard InChI is InChI=1S/C15H18F3NO3/c1-14(22)6-7-19(9-12(14)20)13(21)8-10-2-4-11(5-3-10)15(16,17)18/h2-5,12,20,22H,6-9H2,1H3/t12-,14-/m0/s1. The van der Waals surface area contributed by atoms with E-state index in [0.717, 1.165) is 12.1 Å². The highest BCUT2D eigenvalue weighted by molar-refractivity contribution is 5.79. The summed E-state index contributed by atoms with van der Waals surface area (Å²) in [5.41, 5.74) is -1.50. The van der Waals surface area contributed by atoms with Crippen molar-refractivity contribution in [3.8, 4) is 0 Å². The van der Waals surface area contributed by atoms with E-state index in [9.17, 15) is 28.2 Å². The molecule has 1 aromatic rings. The summed E-state index contributed by atoms with van der Waals surface area (Å²) in [6.45, 7) is 1.84. The van der Waals surface area contributed by atoms with Crippen LogP contribution >= 0.6 is 0 Å². The van der Waals surface area contributed by atoms with Gasteiger partial charge >= 0.3 is 6.18 Å². The number of benzene rings is 1. The number of piperidine rings is 1. The highest BCUT2D eigenvalue weighted by Gasteiger charge is 2.37. The van der Waals surface area contributed by atoms with Crippen LogP contribution in [0.4, 0.5) is 13.2 Å². The Hall–Kier alpha value is -1.60. The molecule has 1 saturated heterocycles. The van der Waals surface area contributed by atoms with Gasteiger partial charge in [-0.3, -0.25) is 4.79 Å². The smallest absolute Gasteiger partial charge is 0.388 e. The van der Waals surface area contributed by atoms with E-state index in [1.54, 1.807) is 0 Å². The minimum absolute atomic E-state index is 0.0203. The molecule has 0 aliphatic carbocycles. The van der Waals surface area contributed by atoms with E-state index in [1.165, 1.54) is 24.0 Å². The highest BCUT2D eigenvalue weighted by atomic mass is 19.4. The average molecular weight is 317 g/mol.